The van der Waals surface area contributed by atoms with E-state index in [0.717, 1.165) is 19.4 Å². The van der Waals surface area contributed by atoms with E-state index in [1.807, 2.05) is 0 Å². The quantitative estimate of drug-likeness (QED) is 0.757. The molecule has 0 spiro atoms. The zero-order chi connectivity index (χ0) is 13.7. The average Bonchev–Trinajstić information content (AvgIpc) is 3.24. The molecule has 0 bridgehead atoms. The molecule has 19 heavy (non-hydrogen) atoms. The minimum absolute atomic E-state index is 0.207. The first-order chi connectivity index (χ1) is 9.24. The van der Waals surface area contributed by atoms with Crippen LogP contribution in [0.4, 0.5) is 10.2 Å². The van der Waals surface area contributed by atoms with E-state index in [4.69, 9.17) is 0 Å². The first kappa shape index (κ1) is 14.3. The normalized spacial score (nSPS) is 14.9. The van der Waals surface area contributed by atoms with Crippen molar-refractivity contribution in [2.75, 3.05) is 11.9 Å². The number of rotatable bonds is 8. The zero-order valence-corrected chi connectivity index (χ0v) is 11.9. The van der Waals surface area contributed by atoms with Crippen molar-refractivity contribution < 1.29 is 4.39 Å². The molecule has 0 atom stereocenters. The van der Waals surface area contributed by atoms with Crippen LogP contribution in [0.3, 0.4) is 0 Å². The summed E-state index contributed by atoms with van der Waals surface area (Å²) in [6.45, 7) is 5.71. The Morgan fingerprint density at radius 1 is 1.37 bits per heavy atom. The highest BCUT2D eigenvalue weighted by Gasteiger charge is 2.21. The number of halogens is 1. The van der Waals surface area contributed by atoms with Crippen molar-refractivity contribution in [3.63, 3.8) is 0 Å². The molecule has 0 aromatic carbocycles. The SMILES string of the molecule is CCC(CC)CNc1nccc(CNC2CC2)c1F. The molecule has 0 aliphatic heterocycles. The third-order valence-electron chi connectivity index (χ3n) is 3.84. The van der Waals surface area contributed by atoms with Crippen LogP contribution in [0.2, 0.25) is 0 Å². The topological polar surface area (TPSA) is 37.0 Å². The molecule has 1 heterocycles. The van der Waals surface area contributed by atoms with Gasteiger partial charge in [0.1, 0.15) is 0 Å². The number of nitrogens with one attached hydrogen (secondary N) is 2. The summed E-state index contributed by atoms with van der Waals surface area (Å²) in [4.78, 5) is 4.11. The summed E-state index contributed by atoms with van der Waals surface area (Å²) in [5.41, 5.74) is 0.703. The maximum Gasteiger partial charge on any atom is 0.169 e. The van der Waals surface area contributed by atoms with Crippen LogP contribution in [0, 0.1) is 11.7 Å². The van der Waals surface area contributed by atoms with Crippen LogP contribution in [-0.2, 0) is 6.54 Å². The highest BCUT2D eigenvalue weighted by molar-refractivity contribution is 5.40. The summed E-state index contributed by atoms with van der Waals surface area (Å²) >= 11 is 0. The lowest BCUT2D eigenvalue weighted by Crippen LogP contribution is -2.18. The van der Waals surface area contributed by atoms with E-state index in [2.05, 4.69) is 29.5 Å². The number of aromatic nitrogens is 1. The summed E-state index contributed by atoms with van der Waals surface area (Å²) in [5.74, 6) is 0.762. The lowest BCUT2D eigenvalue weighted by molar-refractivity contribution is 0.514. The van der Waals surface area contributed by atoms with Crippen molar-refractivity contribution in [1.29, 1.82) is 0 Å². The number of hydrogen-bond acceptors (Lipinski definition) is 3. The fourth-order valence-electron chi connectivity index (χ4n) is 2.10. The molecule has 1 aromatic heterocycles. The Kier molecular flexibility index (Phi) is 5.14. The Labute approximate surface area is 115 Å². The second-order valence-electron chi connectivity index (χ2n) is 5.35. The molecule has 1 saturated carbocycles. The number of nitrogens with zero attached hydrogens (tertiary/aromatic N) is 1. The smallest absolute Gasteiger partial charge is 0.169 e. The van der Waals surface area contributed by atoms with Crippen LogP contribution in [0.25, 0.3) is 0 Å². The molecule has 0 amide bonds. The van der Waals surface area contributed by atoms with E-state index in [0.29, 0.717) is 29.9 Å². The van der Waals surface area contributed by atoms with Crippen LogP contribution in [-0.4, -0.2) is 17.6 Å². The van der Waals surface area contributed by atoms with Crippen LogP contribution in [0.15, 0.2) is 12.3 Å². The fourth-order valence-corrected chi connectivity index (χ4v) is 2.10. The van der Waals surface area contributed by atoms with Crippen molar-refractivity contribution in [3.8, 4) is 0 Å². The molecular weight excluding hydrogens is 241 g/mol. The first-order valence-corrected chi connectivity index (χ1v) is 7.35. The Morgan fingerprint density at radius 2 is 2.11 bits per heavy atom. The molecule has 3 nitrogen and oxygen atoms in total. The van der Waals surface area contributed by atoms with Gasteiger partial charge in [-0.15, -0.1) is 0 Å². The molecule has 1 aliphatic carbocycles. The Bertz CT molecular complexity index is 400. The van der Waals surface area contributed by atoms with E-state index in [1.165, 1.54) is 12.8 Å². The molecular formula is C15H24FN3. The lowest BCUT2D eigenvalue weighted by Gasteiger charge is -2.15. The van der Waals surface area contributed by atoms with Gasteiger partial charge in [0.05, 0.1) is 0 Å². The van der Waals surface area contributed by atoms with E-state index < -0.39 is 0 Å². The van der Waals surface area contributed by atoms with Crippen LogP contribution >= 0.6 is 0 Å². The van der Waals surface area contributed by atoms with Gasteiger partial charge in [0.25, 0.3) is 0 Å². The van der Waals surface area contributed by atoms with Crippen molar-refractivity contribution >= 4 is 5.82 Å². The molecule has 0 radical (unpaired) electrons. The second kappa shape index (κ2) is 6.85. The van der Waals surface area contributed by atoms with Crippen molar-refractivity contribution in [2.45, 2.75) is 52.1 Å². The number of hydrogen-bond donors (Lipinski definition) is 2. The van der Waals surface area contributed by atoms with E-state index >= 15 is 0 Å². The minimum atomic E-state index is -0.207. The largest absolute Gasteiger partial charge is 0.367 e. The Balaban J connectivity index is 1.93. The van der Waals surface area contributed by atoms with Crippen molar-refractivity contribution in [2.24, 2.45) is 5.92 Å². The van der Waals surface area contributed by atoms with Gasteiger partial charge in [-0.3, -0.25) is 0 Å². The number of pyridine rings is 1. The predicted molar refractivity (Wildman–Crippen MR) is 76.6 cm³/mol. The summed E-state index contributed by atoms with van der Waals surface area (Å²) in [6, 6.07) is 2.35. The van der Waals surface area contributed by atoms with Gasteiger partial charge in [0.15, 0.2) is 11.6 Å². The third-order valence-corrected chi connectivity index (χ3v) is 3.84. The van der Waals surface area contributed by atoms with Crippen molar-refractivity contribution in [3.05, 3.63) is 23.6 Å². The monoisotopic (exact) mass is 265 g/mol. The fraction of sp³-hybridized carbons (Fsp3) is 0.667. The maximum atomic E-state index is 14.2. The summed E-state index contributed by atoms with van der Waals surface area (Å²) in [5, 5.41) is 6.48. The predicted octanol–water partition coefficient (Wildman–Crippen LogP) is 3.32. The van der Waals surface area contributed by atoms with Gasteiger partial charge >= 0.3 is 0 Å². The Hall–Kier alpha value is -1.16. The first-order valence-electron chi connectivity index (χ1n) is 7.35. The highest BCUT2D eigenvalue weighted by atomic mass is 19.1. The van der Waals surface area contributed by atoms with Crippen LogP contribution < -0.4 is 10.6 Å². The van der Waals surface area contributed by atoms with Crippen LogP contribution in [0.1, 0.15) is 45.1 Å². The van der Waals surface area contributed by atoms with Gasteiger partial charge in [0.2, 0.25) is 0 Å². The average molecular weight is 265 g/mol. The summed E-state index contributed by atoms with van der Waals surface area (Å²) in [7, 11) is 0. The molecule has 4 heteroatoms. The highest BCUT2D eigenvalue weighted by Crippen LogP contribution is 2.21. The summed E-state index contributed by atoms with van der Waals surface area (Å²) < 4.78 is 14.2. The molecule has 106 valence electrons. The molecule has 2 N–H and O–H groups in total. The standard InChI is InChI=1S/C15H24FN3/c1-3-11(4-2)9-19-15-14(16)12(7-8-17-15)10-18-13-5-6-13/h7-8,11,13,18H,3-6,9-10H2,1-2H3,(H,17,19). The minimum Gasteiger partial charge on any atom is -0.367 e. The molecule has 0 unspecified atom stereocenters. The Morgan fingerprint density at radius 3 is 2.74 bits per heavy atom. The lowest BCUT2D eigenvalue weighted by atomic mass is 10.0. The third kappa shape index (κ3) is 4.16. The van der Waals surface area contributed by atoms with E-state index in [9.17, 15) is 4.39 Å². The zero-order valence-electron chi connectivity index (χ0n) is 11.9. The second-order valence-corrected chi connectivity index (χ2v) is 5.35. The van der Waals surface area contributed by atoms with Crippen LogP contribution in [0.5, 0.6) is 0 Å². The molecule has 2 rings (SSSR count). The molecule has 1 aromatic rings. The maximum absolute atomic E-state index is 14.2. The van der Waals surface area contributed by atoms with Gasteiger partial charge in [-0.05, 0) is 24.8 Å². The molecule has 1 aliphatic rings. The van der Waals surface area contributed by atoms with Gasteiger partial charge in [-0.2, -0.15) is 0 Å². The van der Waals surface area contributed by atoms with Gasteiger partial charge in [-0.25, -0.2) is 9.37 Å². The van der Waals surface area contributed by atoms with Gasteiger partial charge < -0.3 is 10.6 Å². The summed E-state index contributed by atoms with van der Waals surface area (Å²) in [6.07, 6.45) is 6.32. The molecule has 1 fully saturated rings. The molecule has 0 saturated heterocycles. The van der Waals surface area contributed by atoms with E-state index in [1.54, 1.807) is 12.3 Å². The van der Waals surface area contributed by atoms with Gasteiger partial charge in [-0.1, -0.05) is 26.7 Å². The number of anilines is 1. The van der Waals surface area contributed by atoms with E-state index in [-0.39, 0.29) is 5.82 Å². The van der Waals surface area contributed by atoms with Gasteiger partial charge in [0, 0.05) is 30.9 Å². The van der Waals surface area contributed by atoms with Crippen molar-refractivity contribution in [1.82, 2.24) is 10.3 Å².